The second-order valence-corrected chi connectivity index (χ2v) is 7.02. The van der Waals surface area contributed by atoms with E-state index in [0.29, 0.717) is 11.8 Å². The molecule has 4 heteroatoms. The van der Waals surface area contributed by atoms with E-state index in [1.165, 1.54) is 19.3 Å². The van der Waals surface area contributed by atoms with E-state index in [9.17, 15) is 8.42 Å². The van der Waals surface area contributed by atoms with E-state index < -0.39 is 9.05 Å². The molecule has 2 saturated carbocycles. The summed E-state index contributed by atoms with van der Waals surface area (Å²) in [5, 5.41) is -0.245. The minimum atomic E-state index is -3.28. The average Bonchev–Trinajstić information content (AvgIpc) is 2.28. The van der Waals surface area contributed by atoms with Crippen molar-refractivity contribution in [2.24, 2.45) is 11.8 Å². The lowest BCUT2D eigenvalue weighted by Gasteiger charge is -2.24. The number of fused-ring (bicyclic) bond motifs is 2. The Kier molecular flexibility index (Phi) is 2.11. The van der Waals surface area contributed by atoms with Crippen LogP contribution in [0.3, 0.4) is 0 Å². The Morgan fingerprint density at radius 2 is 1.50 bits per heavy atom. The Hall–Kier alpha value is 0.240. The SMILES string of the molecule is O=S(=O)(Cl)C1C[C@H]2CC[C@@H](C1)C2. The van der Waals surface area contributed by atoms with Crippen molar-refractivity contribution in [2.75, 3.05) is 0 Å². The standard InChI is InChI=1S/C8H13ClO2S/c9-12(10,11)8-4-6-1-2-7(3-6)5-8/h6-8H,1-5H2/t6-,7+,8?. The Morgan fingerprint density at radius 1 is 1.00 bits per heavy atom. The van der Waals surface area contributed by atoms with Crippen molar-refractivity contribution >= 4 is 19.7 Å². The third-order valence-corrected chi connectivity index (χ3v) is 5.18. The molecule has 0 aliphatic heterocycles. The molecule has 0 saturated heterocycles. The van der Waals surface area contributed by atoms with Crippen LogP contribution in [0.5, 0.6) is 0 Å². The topological polar surface area (TPSA) is 34.1 Å². The molecule has 2 aliphatic carbocycles. The van der Waals surface area contributed by atoms with E-state index >= 15 is 0 Å². The minimum Gasteiger partial charge on any atom is -0.212 e. The van der Waals surface area contributed by atoms with Crippen molar-refractivity contribution in [2.45, 2.75) is 37.4 Å². The van der Waals surface area contributed by atoms with Crippen molar-refractivity contribution in [1.82, 2.24) is 0 Å². The van der Waals surface area contributed by atoms with Crippen LogP contribution in [0.2, 0.25) is 0 Å². The van der Waals surface area contributed by atoms with Gasteiger partial charge in [0, 0.05) is 10.7 Å². The van der Waals surface area contributed by atoms with Crippen LogP contribution in [0.25, 0.3) is 0 Å². The van der Waals surface area contributed by atoms with Gasteiger partial charge in [0.05, 0.1) is 5.25 Å². The molecular weight excluding hydrogens is 196 g/mol. The first-order chi connectivity index (χ1) is 5.55. The zero-order valence-corrected chi connectivity index (χ0v) is 8.44. The predicted molar refractivity (Wildman–Crippen MR) is 48.6 cm³/mol. The molecule has 12 heavy (non-hydrogen) atoms. The van der Waals surface area contributed by atoms with Crippen LogP contribution >= 0.6 is 10.7 Å². The van der Waals surface area contributed by atoms with E-state index in [4.69, 9.17) is 10.7 Å². The number of hydrogen-bond acceptors (Lipinski definition) is 2. The molecule has 1 unspecified atom stereocenters. The van der Waals surface area contributed by atoms with Crippen LogP contribution in [0.4, 0.5) is 0 Å². The third-order valence-electron chi connectivity index (χ3n) is 3.24. The summed E-state index contributed by atoms with van der Waals surface area (Å²) in [4.78, 5) is 0. The summed E-state index contributed by atoms with van der Waals surface area (Å²) >= 11 is 0. The first-order valence-electron chi connectivity index (χ1n) is 4.49. The molecule has 2 rings (SSSR count). The van der Waals surface area contributed by atoms with Gasteiger partial charge in [0.15, 0.2) is 0 Å². The average molecular weight is 209 g/mol. The summed E-state index contributed by atoms with van der Waals surface area (Å²) < 4.78 is 22.1. The monoisotopic (exact) mass is 208 g/mol. The quantitative estimate of drug-likeness (QED) is 0.619. The highest BCUT2D eigenvalue weighted by molar-refractivity contribution is 8.14. The van der Waals surface area contributed by atoms with Crippen LogP contribution in [-0.4, -0.2) is 13.7 Å². The molecule has 0 amide bonds. The Balaban J connectivity index is 2.13. The summed E-state index contributed by atoms with van der Waals surface area (Å²) in [6.45, 7) is 0. The fourth-order valence-corrected chi connectivity index (χ4v) is 4.12. The number of rotatable bonds is 1. The van der Waals surface area contributed by atoms with E-state index in [1.54, 1.807) is 0 Å². The third kappa shape index (κ3) is 1.62. The fourth-order valence-electron chi connectivity index (χ4n) is 2.68. The molecule has 0 aromatic rings. The minimum absolute atomic E-state index is 0.245. The van der Waals surface area contributed by atoms with Gasteiger partial charge in [-0.3, -0.25) is 0 Å². The van der Waals surface area contributed by atoms with Crippen LogP contribution in [0, 0.1) is 11.8 Å². The lowest BCUT2D eigenvalue weighted by atomic mass is 9.89. The van der Waals surface area contributed by atoms with Gasteiger partial charge in [-0.15, -0.1) is 0 Å². The van der Waals surface area contributed by atoms with Crippen LogP contribution < -0.4 is 0 Å². The van der Waals surface area contributed by atoms with E-state index in [-0.39, 0.29) is 5.25 Å². The highest BCUT2D eigenvalue weighted by Gasteiger charge is 2.38. The fraction of sp³-hybridized carbons (Fsp3) is 1.00. The highest BCUT2D eigenvalue weighted by atomic mass is 35.7. The van der Waals surface area contributed by atoms with Gasteiger partial charge < -0.3 is 0 Å². The normalized spacial score (nSPS) is 41.6. The maximum atomic E-state index is 11.1. The van der Waals surface area contributed by atoms with Gasteiger partial charge in [0.2, 0.25) is 9.05 Å². The van der Waals surface area contributed by atoms with Gasteiger partial charge in [-0.2, -0.15) is 0 Å². The first kappa shape index (κ1) is 8.82. The molecule has 0 radical (unpaired) electrons. The molecule has 2 nitrogen and oxygen atoms in total. The lowest BCUT2D eigenvalue weighted by molar-refractivity contribution is 0.359. The van der Waals surface area contributed by atoms with Gasteiger partial charge in [-0.05, 0) is 31.1 Å². The van der Waals surface area contributed by atoms with Gasteiger partial charge >= 0.3 is 0 Å². The Labute approximate surface area is 77.7 Å². The van der Waals surface area contributed by atoms with Crippen molar-refractivity contribution in [3.63, 3.8) is 0 Å². The smallest absolute Gasteiger partial charge is 0.212 e. The van der Waals surface area contributed by atoms with E-state index in [0.717, 1.165) is 12.8 Å². The molecular formula is C8H13ClO2S. The van der Waals surface area contributed by atoms with Gasteiger partial charge in [0.25, 0.3) is 0 Å². The van der Waals surface area contributed by atoms with E-state index in [2.05, 4.69) is 0 Å². The largest absolute Gasteiger partial charge is 0.235 e. The molecule has 0 aromatic heterocycles. The molecule has 0 spiro atoms. The van der Waals surface area contributed by atoms with Crippen molar-refractivity contribution in [3.05, 3.63) is 0 Å². The summed E-state index contributed by atoms with van der Waals surface area (Å²) in [7, 11) is 2.06. The van der Waals surface area contributed by atoms with Crippen LogP contribution in [0.15, 0.2) is 0 Å². The van der Waals surface area contributed by atoms with Crippen LogP contribution in [0.1, 0.15) is 32.1 Å². The maximum Gasteiger partial charge on any atom is 0.235 e. The summed E-state index contributed by atoms with van der Waals surface area (Å²) in [6, 6.07) is 0. The molecule has 2 bridgehead atoms. The zero-order valence-electron chi connectivity index (χ0n) is 6.87. The second-order valence-electron chi connectivity index (χ2n) is 4.11. The molecule has 3 atom stereocenters. The lowest BCUT2D eigenvalue weighted by Crippen LogP contribution is -2.25. The molecule has 0 heterocycles. The summed E-state index contributed by atoms with van der Waals surface area (Å²) in [5.41, 5.74) is 0. The number of hydrogen-bond donors (Lipinski definition) is 0. The molecule has 2 fully saturated rings. The molecule has 0 N–H and O–H groups in total. The van der Waals surface area contributed by atoms with Gasteiger partial charge in [-0.25, -0.2) is 8.42 Å². The Bertz CT molecular complexity index is 261. The molecule has 0 aromatic carbocycles. The van der Waals surface area contributed by atoms with Crippen molar-refractivity contribution < 1.29 is 8.42 Å². The van der Waals surface area contributed by atoms with Crippen LogP contribution in [-0.2, 0) is 9.05 Å². The van der Waals surface area contributed by atoms with Crippen molar-refractivity contribution in [1.29, 1.82) is 0 Å². The Morgan fingerprint density at radius 3 is 1.92 bits per heavy atom. The van der Waals surface area contributed by atoms with Crippen molar-refractivity contribution in [3.8, 4) is 0 Å². The maximum absolute atomic E-state index is 11.1. The predicted octanol–water partition coefficient (Wildman–Crippen LogP) is 2.13. The summed E-state index contributed by atoms with van der Waals surface area (Å²) in [6.07, 6.45) is 5.29. The van der Waals surface area contributed by atoms with Gasteiger partial charge in [-0.1, -0.05) is 12.8 Å². The number of halogens is 1. The van der Waals surface area contributed by atoms with Gasteiger partial charge in [0.1, 0.15) is 0 Å². The second kappa shape index (κ2) is 2.88. The highest BCUT2D eigenvalue weighted by Crippen LogP contribution is 2.44. The zero-order chi connectivity index (χ0) is 8.77. The first-order valence-corrected chi connectivity index (χ1v) is 6.86. The molecule has 70 valence electrons. The molecule has 2 aliphatic rings. The summed E-state index contributed by atoms with van der Waals surface area (Å²) in [5.74, 6) is 1.28. The van der Waals surface area contributed by atoms with E-state index in [1.807, 2.05) is 0 Å².